The first-order valence-electron chi connectivity index (χ1n) is 8.80. The predicted octanol–water partition coefficient (Wildman–Crippen LogP) is 4.61. The summed E-state index contributed by atoms with van der Waals surface area (Å²) in [4.78, 5) is 28.6. The molecule has 0 fully saturated rings. The van der Waals surface area contributed by atoms with Crippen LogP contribution in [-0.2, 0) is 6.61 Å². The summed E-state index contributed by atoms with van der Waals surface area (Å²) in [6.07, 6.45) is 0.383. The normalized spacial score (nSPS) is 10.6. The predicted molar refractivity (Wildman–Crippen MR) is 108 cm³/mol. The summed E-state index contributed by atoms with van der Waals surface area (Å²) >= 11 is 1.29. The fourth-order valence-corrected chi connectivity index (χ4v) is 3.56. The zero-order valence-electron chi connectivity index (χ0n) is 15.2. The van der Waals surface area contributed by atoms with Crippen LogP contribution in [0.4, 0.5) is 9.93 Å². The summed E-state index contributed by atoms with van der Waals surface area (Å²) in [5.41, 5.74) is 2.24. The molecule has 140 valence electrons. The molecule has 0 atom stereocenters. The highest BCUT2D eigenvalue weighted by molar-refractivity contribution is 7.22. The van der Waals surface area contributed by atoms with Crippen LogP contribution >= 0.6 is 11.3 Å². The van der Waals surface area contributed by atoms with Gasteiger partial charge in [0.2, 0.25) is 0 Å². The molecule has 7 heteroatoms. The van der Waals surface area contributed by atoms with Crippen LogP contribution in [0.3, 0.4) is 0 Å². The molecule has 0 bridgehead atoms. The first-order chi connectivity index (χ1) is 13.1. The van der Waals surface area contributed by atoms with Gasteiger partial charge < -0.3 is 10.1 Å². The Morgan fingerprint density at radius 2 is 1.93 bits per heavy atom. The Morgan fingerprint density at radius 3 is 2.63 bits per heavy atom. The van der Waals surface area contributed by atoms with Crippen LogP contribution in [0.2, 0.25) is 0 Å². The molecule has 1 aromatic heterocycles. The van der Waals surface area contributed by atoms with Gasteiger partial charge in [-0.25, -0.2) is 9.78 Å². The molecule has 1 heterocycles. The highest BCUT2D eigenvalue weighted by Gasteiger charge is 2.16. The number of ether oxygens (including phenoxy) is 1. The standard InChI is InChI=1S/C20H21N3O3S/c1-3-17(24)15-10-14(26-12-13-8-6-5-7-9-13)11-16-18(15)27-20(22-16)23-19(25)21-4-2/h5-11H,3-4,12H2,1-2H3,(H2,21,22,23,25). The molecule has 3 rings (SSSR count). The van der Waals surface area contributed by atoms with E-state index in [4.69, 9.17) is 4.74 Å². The molecule has 6 nitrogen and oxygen atoms in total. The van der Waals surface area contributed by atoms with Gasteiger partial charge in [0.25, 0.3) is 0 Å². The Bertz CT molecular complexity index is 954. The van der Waals surface area contributed by atoms with E-state index in [2.05, 4.69) is 15.6 Å². The average Bonchev–Trinajstić information content (AvgIpc) is 3.08. The van der Waals surface area contributed by atoms with Gasteiger partial charge in [-0.3, -0.25) is 10.1 Å². The van der Waals surface area contributed by atoms with Gasteiger partial charge in [-0.1, -0.05) is 48.6 Å². The highest BCUT2D eigenvalue weighted by atomic mass is 32.1. The van der Waals surface area contributed by atoms with Crippen LogP contribution in [-0.4, -0.2) is 23.3 Å². The van der Waals surface area contributed by atoms with Crippen molar-refractivity contribution >= 4 is 38.5 Å². The number of nitrogens with zero attached hydrogens (tertiary/aromatic N) is 1. The van der Waals surface area contributed by atoms with E-state index < -0.39 is 0 Å². The minimum absolute atomic E-state index is 0.0124. The number of thiazole rings is 1. The largest absolute Gasteiger partial charge is 0.489 e. The van der Waals surface area contributed by atoms with E-state index >= 15 is 0 Å². The zero-order chi connectivity index (χ0) is 19.2. The third-order valence-corrected chi connectivity index (χ3v) is 4.91. The highest BCUT2D eigenvalue weighted by Crippen LogP contribution is 2.33. The van der Waals surface area contributed by atoms with Crippen molar-refractivity contribution in [2.75, 3.05) is 11.9 Å². The van der Waals surface area contributed by atoms with E-state index in [-0.39, 0.29) is 11.8 Å². The lowest BCUT2D eigenvalue weighted by Gasteiger charge is -2.08. The number of urea groups is 1. The van der Waals surface area contributed by atoms with E-state index in [1.165, 1.54) is 11.3 Å². The van der Waals surface area contributed by atoms with Crippen molar-refractivity contribution in [2.24, 2.45) is 0 Å². The van der Waals surface area contributed by atoms with Gasteiger partial charge in [0, 0.05) is 24.6 Å². The lowest BCUT2D eigenvalue weighted by Crippen LogP contribution is -2.28. The van der Waals surface area contributed by atoms with E-state index in [1.807, 2.05) is 44.2 Å². The molecule has 0 saturated heterocycles. The number of fused-ring (bicyclic) bond motifs is 1. The van der Waals surface area contributed by atoms with Gasteiger partial charge >= 0.3 is 6.03 Å². The Kier molecular flexibility index (Phi) is 6.03. The van der Waals surface area contributed by atoms with Crippen LogP contribution in [0.15, 0.2) is 42.5 Å². The maximum Gasteiger partial charge on any atom is 0.321 e. The summed E-state index contributed by atoms with van der Waals surface area (Å²) in [5, 5.41) is 5.81. The number of amides is 2. The lowest BCUT2D eigenvalue weighted by atomic mass is 10.1. The van der Waals surface area contributed by atoms with Gasteiger partial charge in [0.15, 0.2) is 10.9 Å². The van der Waals surface area contributed by atoms with Crippen molar-refractivity contribution in [3.8, 4) is 5.75 Å². The van der Waals surface area contributed by atoms with Crippen LogP contribution in [0.1, 0.15) is 36.2 Å². The van der Waals surface area contributed by atoms with E-state index in [1.54, 1.807) is 12.1 Å². The van der Waals surface area contributed by atoms with Crippen molar-refractivity contribution in [1.82, 2.24) is 10.3 Å². The van der Waals surface area contributed by atoms with Crippen molar-refractivity contribution in [2.45, 2.75) is 26.9 Å². The Morgan fingerprint density at radius 1 is 1.15 bits per heavy atom. The molecule has 3 aromatic rings. The molecule has 0 radical (unpaired) electrons. The van der Waals surface area contributed by atoms with Gasteiger partial charge in [0.05, 0.1) is 10.2 Å². The number of Topliss-reactive ketones (excluding diaryl/α,β-unsaturated/α-hetero) is 1. The third-order valence-electron chi connectivity index (χ3n) is 3.89. The zero-order valence-corrected chi connectivity index (χ0v) is 16.1. The van der Waals surface area contributed by atoms with E-state index in [0.717, 1.165) is 10.3 Å². The molecule has 2 N–H and O–H groups in total. The van der Waals surface area contributed by atoms with Gasteiger partial charge in [-0.15, -0.1) is 0 Å². The summed E-state index contributed by atoms with van der Waals surface area (Å²) in [7, 11) is 0. The SMILES string of the molecule is CCNC(=O)Nc1nc2cc(OCc3ccccc3)cc(C(=O)CC)c2s1. The van der Waals surface area contributed by atoms with Crippen molar-refractivity contribution in [1.29, 1.82) is 0 Å². The molecular formula is C20H21N3O3S. The Balaban J connectivity index is 1.90. The van der Waals surface area contributed by atoms with Crippen LogP contribution < -0.4 is 15.4 Å². The molecule has 0 aliphatic carbocycles. The number of hydrogen-bond donors (Lipinski definition) is 2. The fourth-order valence-electron chi connectivity index (χ4n) is 2.58. The topological polar surface area (TPSA) is 80.3 Å². The van der Waals surface area contributed by atoms with Gasteiger partial charge in [-0.2, -0.15) is 0 Å². The molecule has 2 amide bonds. The number of aromatic nitrogens is 1. The number of nitrogens with one attached hydrogen (secondary N) is 2. The minimum Gasteiger partial charge on any atom is -0.489 e. The number of rotatable bonds is 7. The van der Waals surface area contributed by atoms with Crippen LogP contribution in [0.25, 0.3) is 10.2 Å². The maximum atomic E-state index is 12.4. The summed E-state index contributed by atoms with van der Waals surface area (Å²) in [6, 6.07) is 13.0. The van der Waals surface area contributed by atoms with Gasteiger partial charge in [-0.05, 0) is 18.6 Å². The summed E-state index contributed by atoms with van der Waals surface area (Å²) in [6.45, 7) is 4.58. The van der Waals surface area contributed by atoms with Crippen LogP contribution in [0.5, 0.6) is 5.75 Å². The minimum atomic E-state index is -0.319. The first kappa shape index (κ1) is 18.8. The maximum absolute atomic E-state index is 12.4. The molecule has 0 saturated carbocycles. The Hall–Kier alpha value is -2.93. The number of hydrogen-bond acceptors (Lipinski definition) is 5. The molecule has 0 unspecified atom stereocenters. The molecule has 0 aliphatic rings. The first-order valence-corrected chi connectivity index (χ1v) is 9.61. The average molecular weight is 383 g/mol. The fraction of sp³-hybridized carbons (Fsp3) is 0.250. The smallest absolute Gasteiger partial charge is 0.321 e. The molecule has 2 aromatic carbocycles. The van der Waals surface area contributed by atoms with Crippen molar-refractivity contribution in [3.05, 3.63) is 53.6 Å². The second-order valence-electron chi connectivity index (χ2n) is 5.87. The summed E-state index contributed by atoms with van der Waals surface area (Å²) < 4.78 is 6.63. The number of ketones is 1. The van der Waals surface area contributed by atoms with Gasteiger partial charge in [0.1, 0.15) is 12.4 Å². The lowest BCUT2D eigenvalue weighted by molar-refractivity contribution is 0.0989. The summed E-state index contributed by atoms with van der Waals surface area (Å²) in [5.74, 6) is 0.594. The number of carbonyl (C=O) groups is 2. The quantitative estimate of drug-likeness (QED) is 0.584. The van der Waals surface area contributed by atoms with Crippen molar-refractivity contribution < 1.29 is 14.3 Å². The number of benzene rings is 2. The number of anilines is 1. The Labute approximate surface area is 161 Å². The molecular weight excluding hydrogens is 362 g/mol. The molecule has 0 aliphatic heterocycles. The van der Waals surface area contributed by atoms with Crippen LogP contribution in [0, 0.1) is 0 Å². The molecule has 0 spiro atoms. The molecule has 27 heavy (non-hydrogen) atoms. The monoisotopic (exact) mass is 383 g/mol. The van der Waals surface area contributed by atoms with Crippen molar-refractivity contribution in [3.63, 3.8) is 0 Å². The second kappa shape index (κ2) is 8.64. The van der Waals surface area contributed by atoms with E-state index in [9.17, 15) is 9.59 Å². The second-order valence-corrected chi connectivity index (χ2v) is 6.87. The van der Waals surface area contributed by atoms with E-state index in [0.29, 0.717) is 41.5 Å². The number of carbonyl (C=O) groups excluding carboxylic acids is 2. The third kappa shape index (κ3) is 4.62.